The number of nitrogens with two attached hydrogens (primary N) is 1. The number of aliphatic hydroxyl groups is 1. The molecule has 0 bridgehead atoms. The molecule has 0 spiro atoms. The zero-order valence-electron chi connectivity index (χ0n) is 19.7. The number of carbonyl (C=O) groups excluding carboxylic acids is 3. The van der Waals surface area contributed by atoms with E-state index in [1.165, 1.54) is 12.5 Å². The topological polar surface area (TPSA) is 215 Å². The number of rotatable bonds is 13. The molecule has 13 nitrogen and oxygen atoms in total. The number of imidazole rings is 1. The third kappa shape index (κ3) is 7.31. The number of nitrogens with one attached hydrogen (secondary N) is 5. The van der Waals surface area contributed by atoms with Gasteiger partial charge in [0.05, 0.1) is 12.9 Å². The van der Waals surface area contributed by atoms with Crippen LogP contribution in [0.1, 0.15) is 11.3 Å². The van der Waals surface area contributed by atoms with Gasteiger partial charge < -0.3 is 41.9 Å². The summed E-state index contributed by atoms with van der Waals surface area (Å²) in [7, 11) is 0. The highest BCUT2D eigenvalue weighted by Crippen LogP contribution is 2.19. The molecule has 0 saturated heterocycles. The van der Waals surface area contributed by atoms with Crippen LogP contribution in [0.5, 0.6) is 0 Å². The summed E-state index contributed by atoms with van der Waals surface area (Å²) < 4.78 is 0. The van der Waals surface area contributed by atoms with Crippen molar-refractivity contribution in [2.24, 2.45) is 5.73 Å². The minimum atomic E-state index is -1.28. The first kappa shape index (κ1) is 27.7. The number of carboxylic acids is 1. The average molecular weight is 532 g/mol. The molecule has 0 fully saturated rings. The highest BCUT2D eigenvalue weighted by atomic mass is 32.1. The van der Waals surface area contributed by atoms with Crippen molar-refractivity contribution in [3.8, 4) is 0 Å². The van der Waals surface area contributed by atoms with Crippen molar-refractivity contribution in [3.63, 3.8) is 0 Å². The van der Waals surface area contributed by atoms with Gasteiger partial charge in [-0.05, 0) is 11.6 Å². The van der Waals surface area contributed by atoms with Crippen LogP contribution in [0.3, 0.4) is 0 Å². The largest absolute Gasteiger partial charge is 0.480 e. The second kappa shape index (κ2) is 12.9. The van der Waals surface area contributed by atoms with Gasteiger partial charge in [0.2, 0.25) is 17.7 Å². The van der Waals surface area contributed by atoms with Crippen LogP contribution in [-0.4, -0.2) is 85.4 Å². The predicted molar refractivity (Wildman–Crippen MR) is 137 cm³/mol. The zero-order chi connectivity index (χ0) is 26.9. The second-order valence-electron chi connectivity index (χ2n) is 8.34. The number of carboxylic acid groups (broad SMARTS) is 1. The van der Waals surface area contributed by atoms with E-state index < -0.39 is 54.5 Å². The third-order valence-electron chi connectivity index (χ3n) is 5.67. The number of para-hydroxylation sites is 1. The number of H-pyrrole nitrogens is 2. The van der Waals surface area contributed by atoms with Gasteiger partial charge in [0.1, 0.15) is 24.2 Å². The minimum Gasteiger partial charge on any atom is -0.480 e. The smallest absolute Gasteiger partial charge is 0.326 e. The first-order valence-electron chi connectivity index (χ1n) is 11.4. The summed E-state index contributed by atoms with van der Waals surface area (Å²) in [5.41, 5.74) is 7.53. The number of aromatic nitrogens is 3. The number of carbonyl (C=O) groups is 4. The molecule has 9 N–H and O–H groups in total. The second-order valence-corrected chi connectivity index (χ2v) is 8.70. The molecule has 0 aliphatic carbocycles. The monoisotopic (exact) mass is 531 g/mol. The molecule has 4 unspecified atom stereocenters. The molecule has 14 heteroatoms. The van der Waals surface area contributed by atoms with E-state index in [0.717, 1.165) is 10.9 Å². The van der Waals surface area contributed by atoms with Gasteiger partial charge in [-0.25, -0.2) is 9.78 Å². The van der Waals surface area contributed by atoms with Crippen LogP contribution in [0.25, 0.3) is 10.9 Å². The van der Waals surface area contributed by atoms with E-state index in [-0.39, 0.29) is 18.6 Å². The Bertz CT molecular complexity index is 1230. The first-order chi connectivity index (χ1) is 17.7. The van der Waals surface area contributed by atoms with Crippen LogP contribution in [0.15, 0.2) is 43.0 Å². The van der Waals surface area contributed by atoms with Crippen molar-refractivity contribution < 1.29 is 29.4 Å². The number of nitrogens with zero attached hydrogens (tertiary/aromatic N) is 1. The van der Waals surface area contributed by atoms with E-state index in [4.69, 9.17) is 10.8 Å². The Balaban J connectivity index is 1.75. The average Bonchev–Trinajstić information content (AvgIpc) is 3.55. The molecule has 3 rings (SSSR count). The lowest BCUT2D eigenvalue weighted by Gasteiger charge is -2.24. The molecule has 2 aromatic heterocycles. The molecule has 198 valence electrons. The molecular weight excluding hydrogens is 502 g/mol. The maximum Gasteiger partial charge on any atom is 0.326 e. The predicted octanol–water partition coefficient (Wildman–Crippen LogP) is -1.54. The standard InChI is InChI=1S/C23H29N7O6S/c24-15(9-31)20(32)30-19(10-37)22(34)28-17(6-13-8-25-11-27-13)21(33)29-18(23(35)36)5-12-7-26-16-4-2-1-3-14(12)16/h1-4,7-8,11,15,17-19,26,31,37H,5-6,9-10,24H2,(H,25,27)(H,28,34)(H,29,33)(H,30,32)(H,35,36). The van der Waals surface area contributed by atoms with Gasteiger partial charge in [-0.2, -0.15) is 12.6 Å². The fourth-order valence-corrected chi connectivity index (χ4v) is 3.90. The van der Waals surface area contributed by atoms with Crippen LogP contribution < -0.4 is 21.7 Å². The summed E-state index contributed by atoms with van der Waals surface area (Å²) in [4.78, 5) is 59.9. The lowest BCUT2D eigenvalue weighted by molar-refractivity contribution is -0.142. The molecule has 3 aromatic rings. The van der Waals surface area contributed by atoms with Crippen LogP contribution in [0.4, 0.5) is 0 Å². The fourth-order valence-electron chi connectivity index (χ4n) is 3.65. The molecule has 2 heterocycles. The van der Waals surface area contributed by atoms with Crippen LogP contribution >= 0.6 is 12.6 Å². The van der Waals surface area contributed by atoms with Gasteiger partial charge in [0.25, 0.3) is 0 Å². The van der Waals surface area contributed by atoms with Crippen LogP contribution in [-0.2, 0) is 32.0 Å². The van der Waals surface area contributed by atoms with E-state index in [2.05, 4.69) is 43.5 Å². The maximum absolute atomic E-state index is 13.2. The fraction of sp³-hybridized carbons (Fsp3) is 0.348. The lowest BCUT2D eigenvalue weighted by Crippen LogP contribution is -2.58. The maximum atomic E-state index is 13.2. The summed E-state index contributed by atoms with van der Waals surface area (Å²) in [6.45, 7) is -0.620. The lowest BCUT2D eigenvalue weighted by atomic mass is 10.0. The Morgan fingerprint density at radius 1 is 0.973 bits per heavy atom. The van der Waals surface area contributed by atoms with Crippen molar-refractivity contribution in [1.29, 1.82) is 0 Å². The number of benzene rings is 1. The number of fused-ring (bicyclic) bond motifs is 1. The molecular formula is C23H29N7O6S. The number of hydrogen-bond donors (Lipinski definition) is 9. The SMILES string of the molecule is NC(CO)C(=O)NC(CS)C(=O)NC(Cc1cnc[nH]1)C(=O)NC(Cc1c[nH]c2ccccc12)C(=O)O. The molecule has 3 amide bonds. The third-order valence-corrected chi connectivity index (χ3v) is 6.04. The molecule has 4 atom stereocenters. The van der Waals surface area contributed by atoms with Gasteiger partial charge >= 0.3 is 5.97 Å². The number of aliphatic hydroxyl groups excluding tert-OH is 1. The van der Waals surface area contributed by atoms with E-state index in [0.29, 0.717) is 11.3 Å². The Kier molecular flexibility index (Phi) is 9.65. The summed E-state index contributed by atoms with van der Waals surface area (Å²) in [5.74, 6) is -3.62. The minimum absolute atomic E-state index is 0.00415. The molecule has 1 aromatic carbocycles. The highest BCUT2D eigenvalue weighted by molar-refractivity contribution is 7.80. The summed E-state index contributed by atoms with van der Waals surface area (Å²) in [6, 6.07) is 2.49. The summed E-state index contributed by atoms with van der Waals surface area (Å²) in [6.07, 6.45) is 4.53. The molecule has 0 saturated carbocycles. The van der Waals surface area contributed by atoms with E-state index in [9.17, 15) is 24.3 Å². The van der Waals surface area contributed by atoms with E-state index in [1.54, 1.807) is 6.20 Å². The quantitative estimate of drug-likeness (QED) is 0.118. The van der Waals surface area contributed by atoms with Crippen molar-refractivity contribution >= 4 is 47.2 Å². The van der Waals surface area contributed by atoms with Gasteiger partial charge in [0, 0.05) is 47.6 Å². The molecule has 37 heavy (non-hydrogen) atoms. The van der Waals surface area contributed by atoms with E-state index >= 15 is 0 Å². The molecule has 0 radical (unpaired) electrons. The van der Waals surface area contributed by atoms with Crippen LogP contribution in [0, 0.1) is 0 Å². The summed E-state index contributed by atoms with van der Waals surface area (Å²) in [5, 5.41) is 27.1. The molecule has 0 aliphatic rings. The van der Waals surface area contributed by atoms with Gasteiger partial charge in [-0.15, -0.1) is 0 Å². The number of thiol groups is 1. The first-order valence-corrected chi connectivity index (χ1v) is 12.0. The Labute approximate surface area is 217 Å². The number of aromatic amines is 2. The van der Waals surface area contributed by atoms with Crippen molar-refractivity contribution in [2.45, 2.75) is 37.0 Å². The van der Waals surface area contributed by atoms with Crippen LogP contribution in [0.2, 0.25) is 0 Å². The normalized spacial score (nSPS) is 14.4. The van der Waals surface area contributed by atoms with Gasteiger partial charge in [-0.3, -0.25) is 14.4 Å². The number of amides is 3. The number of aliphatic carboxylic acids is 1. The molecule has 0 aliphatic heterocycles. The van der Waals surface area contributed by atoms with Crippen molar-refractivity contribution in [1.82, 2.24) is 30.9 Å². The van der Waals surface area contributed by atoms with Gasteiger partial charge in [0.15, 0.2) is 0 Å². The summed E-state index contributed by atoms with van der Waals surface area (Å²) >= 11 is 4.08. The Morgan fingerprint density at radius 2 is 1.65 bits per heavy atom. The van der Waals surface area contributed by atoms with Crippen molar-refractivity contribution in [3.05, 3.63) is 54.2 Å². The number of hydrogen-bond acceptors (Lipinski definition) is 8. The highest BCUT2D eigenvalue weighted by Gasteiger charge is 2.30. The zero-order valence-corrected chi connectivity index (χ0v) is 20.6. The van der Waals surface area contributed by atoms with Crippen molar-refractivity contribution in [2.75, 3.05) is 12.4 Å². The Hall–Kier alpha value is -3.88. The van der Waals surface area contributed by atoms with E-state index in [1.807, 2.05) is 24.3 Å². The van der Waals surface area contributed by atoms with Gasteiger partial charge in [-0.1, -0.05) is 18.2 Å². The Morgan fingerprint density at radius 3 is 2.30 bits per heavy atom.